The van der Waals surface area contributed by atoms with Crippen molar-refractivity contribution in [3.8, 4) is 5.75 Å². The molecule has 1 aromatic carbocycles. The first-order chi connectivity index (χ1) is 10.0. The van der Waals surface area contributed by atoms with Gasteiger partial charge in [0.15, 0.2) is 0 Å². The standard InChI is InChI=1S/C16H24N2O3.2ClH/c1-12(2)18-8-6-17(7-9-18)11-13-4-5-15(21-3)14(10-13)16(19)20;;/h4-5,10,12H,6-9,11H2,1-3H3,(H,19,20);2*1H. The Labute approximate surface area is 150 Å². The van der Waals surface area contributed by atoms with Crippen molar-refractivity contribution in [3.05, 3.63) is 29.3 Å². The molecule has 2 rings (SSSR count). The molecule has 23 heavy (non-hydrogen) atoms. The Morgan fingerprint density at radius 3 is 2.30 bits per heavy atom. The van der Waals surface area contributed by atoms with Crippen LogP contribution in [0.1, 0.15) is 29.8 Å². The Hall–Kier alpha value is -1.01. The molecule has 0 amide bonds. The maximum atomic E-state index is 11.2. The Kier molecular flexibility index (Phi) is 9.54. The predicted molar refractivity (Wildman–Crippen MR) is 96.4 cm³/mol. The number of carbonyl (C=O) groups is 1. The summed E-state index contributed by atoms with van der Waals surface area (Å²) < 4.78 is 5.09. The zero-order valence-electron chi connectivity index (χ0n) is 13.8. The summed E-state index contributed by atoms with van der Waals surface area (Å²) in [4.78, 5) is 16.1. The molecule has 1 saturated heterocycles. The van der Waals surface area contributed by atoms with Crippen molar-refractivity contribution < 1.29 is 14.6 Å². The molecule has 0 spiro atoms. The van der Waals surface area contributed by atoms with Gasteiger partial charge in [-0.15, -0.1) is 24.8 Å². The number of methoxy groups -OCH3 is 1. The van der Waals surface area contributed by atoms with Crippen molar-refractivity contribution in [2.45, 2.75) is 26.4 Å². The van der Waals surface area contributed by atoms with Gasteiger partial charge in [-0.1, -0.05) is 6.07 Å². The van der Waals surface area contributed by atoms with Crippen molar-refractivity contribution in [2.24, 2.45) is 0 Å². The van der Waals surface area contributed by atoms with Crippen LogP contribution in [-0.2, 0) is 6.54 Å². The molecule has 0 aliphatic carbocycles. The maximum absolute atomic E-state index is 11.2. The molecule has 0 saturated carbocycles. The fourth-order valence-electron chi connectivity index (χ4n) is 2.72. The van der Waals surface area contributed by atoms with E-state index in [-0.39, 0.29) is 30.4 Å². The molecule has 0 atom stereocenters. The van der Waals surface area contributed by atoms with E-state index in [0.717, 1.165) is 38.3 Å². The summed E-state index contributed by atoms with van der Waals surface area (Å²) in [6, 6.07) is 5.99. The molecule has 132 valence electrons. The molecule has 1 aliphatic heterocycles. The third kappa shape index (κ3) is 5.84. The molecule has 0 bridgehead atoms. The van der Waals surface area contributed by atoms with Gasteiger partial charge in [-0.3, -0.25) is 9.80 Å². The summed E-state index contributed by atoms with van der Waals surface area (Å²) in [5.41, 5.74) is 1.25. The van der Waals surface area contributed by atoms with Gasteiger partial charge in [0, 0.05) is 38.8 Å². The Morgan fingerprint density at radius 1 is 1.22 bits per heavy atom. The summed E-state index contributed by atoms with van der Waals surface area (Å²) in [7, 11) is 1.49. The molecule has 1 aliphatic rings. The van der Waals surface area contributed by atoms with Crippen molar-refractivity contribution in [1.82, 2.24) is 9.80 Å². The third-order valence-electron chi connectivity index (χ3n) is 4.04. The minimum atomic E-state index is -0.946. The van der Waals surface area contributed by atoms with E-state index >= 15 is 0 Å². The quantitative estimate of drug-likeness (QED) is 0.870. The van der Waals surface area contributed by atoms with Gasteiger partial charge in [0.25, 0.3) is 0 Å². The first kappa shape index (κ1) is 22.0. The molecule has 0 radical (unpaired) electrons. The van der Waals surface area contributed by atoms with E-state index in [4.69, 9.17) is 4.74 Å². The van der Waals surface area contributed by atoms with Crippen LogP contribution in [0.25, 0.3) is 0 Å². The van der Waals surface area contributed by atoms with E-state index in [9.17, 15) is 9.90 Å². The third-order valence-corrected chi connectivity index (χ3v) is 4.04. The number of halogens is 2. The lowest BCUT2D eigenvalue weighted by Gasteiger charge is -2.37. The molecule has 7 heteroatoms. The summed E-state index contributed by atoms with van der Waals surface area (Å²) in [5, 5.41) is 9.22. The summed E-state index contributed by atoms with van der Waals surface area (Å²) >= 11 is 0. The van der Waals surface area contributed by atoms with Crippen LogP contribution >= 0.6 is 24.8 Å². The number of hydrogen-bond donors (Lipinski definition) is 1. The maximum Gasteiger partial charge on any atom is 0.339 e. The van der Waals surface area contributed by atoms with Gasteiger partial charge in [-0.05, 0) is 31.5 Å². The molecule has 1 fully saturated rings. The van der Waals surface area contributed by atoms with E-state index in [0.29, 0.717) is 11.8 Å². The molecule has 0 aromatic heterocycles. The topological polar surface area (TPSA) is 53.0 Å². The van der Waals surface area contributed by atoms with Crippen LogP contribution < -0.4 is 4.74 Å². The number of ether oxygens (including phenoxy) is 1. The van der Waals surface area contributed by atoms with Gasteiger partial charge in [0.05, 0.1) is 7.11 Å². The highest BCUT2D eigenvalue weighted by Gasteiger charge is 2.19. The van der Waals surface area contributed by atoms with Crippen molar-refractivity contribution >= 4 is 30.8 Å². The fourth-order valence-corrected chi connectivity index (χ4v) is 2.72. The molecular formula is C16H26Cl2N2O3. The first-order valence-corrected chi connectivity index (χ1v) is 7.38. The lowest BCUT2D eigenvalue weighted by molar-refractivity contribution is 0.0692. The number of aromatic carboxylic acids is 1. The van der Waals surface area contributed by atoms with E-state index in [2.05, 4.69) is 23.6 Å². The second-order valence-electron chi connectivity index (χ2n) is 5.75. The normalized spacial score (nSPS) is 15.7. The predicted octanol–water partition coefficient (Wildman–Crippen LogP) is 2.76. The number of nitrogens with zero attached hydrogens (tertiary/aromatic N) is 2. The zero-order chi connectivity index (χ0) is 15.4. The summed E-state index contributed by atoms with van der Waals surface area (Å²) in [5.74, 6) is -0.533. The van der Waals surface area contributed by atoms with Gasteiger partial charge in [0.2, 0.25) is 0 Å². The number of carboxylic acids is 1. The van der Waals surface area contributed by atoms with Crippen LogP contribution in [0.5, 0.6) is 5.75 Å². The van der Waals surface area contributed by atoms with E-state index in [1.165, 1.54) is 7.11 Å². The van der Waals surface area contributed by atoms with Gasteiger partial charge >= 0.3 is 5.97 Å². The lowest BCUT2D eigenvalue weighted by Crippen LogP contribution is -2.48. The van der Waals surface area contributed by atoms with E-state index in [1.54, 1.807) is 12.1 Å². The van der Waals surface area contributed by atoms with Crippen LogP contribution in [0.15, 0.2) is 18.2 Å². The van der Waals surface area contributed by atoms with Crippen molar-refractivity contribution in [2.75, 3.05) is 33.3 Å². The number of carboxylic acid groups (broad SMARTS) is 1. The minimum Gasteiger partial charge on any atom is -0.496 e. The number of piperazine rings is 1. The molecule has 1 heterocycles. The molecule has 0 unspecified atom stereocenters. The van der Waals surface area contributed by atoms with Gasteiger partial charge in [-0.2, -0.15) is 0 Å². The lowest BCUT2D eigenvalue weighted by atomic mass is 10.1. The molecule has 5 nitrogen and oxygen atoms in total. The average molecular weight is 365 g/mol. The highest BCUT2D eigenvalue weighted by atomic mass is 35.5. The van der Waals surface area contributed by atoms with Gasteiger partial charge < -0.3 is 9.84 Å². The second-order valence-corrected chi connectivity index (χ2v) is 5.75. The molecule has 1 aromatic rings. The number of benzene rings is 1. The summed E-state index contributed by atoms with van der Waals surface area (Å²) in [6.07, 6.45) is 0. The van der Waals surface area contributed by atoms with Crippen molar-refractivity contribution in [3.63, 3.8) is 0 Å². The fraction of sp³-hybridized carbons (Fsp3) is 0.562. The highest BCUT2D eigenvalue weighted by Crippen LogP contribution is 2.21. The smallest absolute Gasteiger partial charge is 0.339 e. The average Bonchev–Trinajstić information content (AvgIpc) is 2.47. The van der Waals surface area contributed by atoms with Crippen LogP contribution in [0.3, 0.4) is 0 Å². The Bertz CT molecular complexity index is 504. The van der Waals surface area contributed by atoms with Crippen LogP contribution in [-0.4, -0.2) is 60.2 Å². The Morgan fingerprint density at radius 2 is 1.83 bits per heavy atom. The van der Waals surface area contributed by atoms with Gasteiger partial charge in [0.1, 0.15) is 11.3 Å². The number of rotatable bonds is 5. The number of hydrogen-bond acceptors (Lipinski definition) is 4. The highest BCUT2D eigenvalue weighted by molar-refractivity contribution is 5.91. The summed E-state index contributed by atoms with van der Waals surface area (Å²) in [6.45, 7) is 9.41. The van der Waals surface area contributed by atoms with Crippen LogP contribution in [0, 0.1) is 0 Å². The second kappa shape index (κ2) is 9.98. The first-order valence-electron chi connectivity index (χ1n) is 7.38. The molecular weight excluding hydrogens is 339 g/mol. The van der Waals surface area contributed by atoms with Crippen LogP contribution in [0.4, 0.5) is 0 Å². The van der Waals surface area contributed by atoms with Gasteiger partial charge in [-0.25, -0.2) is 4.79 Å². The Balaban J connectivity index is 0.00000242. The van der Waals surface area contributed by atoms with Crippen molar-refractivity contribution in [1.29, 1.82) is 0 Å². The largest absolute Gasteiger partial charge is 0.496 e. The monoisotopic (exact) mass is 364 g/mol. The van der Waals surface area contributed by atoms with Crippen LogP contribution in [0.2, 0.25) is 0 Å². The minimum absolute atomic E-state index is 0. The zero-order valence-corrected chi connectivity index (χ0v) is 15.5. The van der Waals surface area contributed by atoms with E-state index < -0.39 is 5.97 Å². The SMILES string of the molecule is COc1ccc(CN2CCN(C(C)C)CC2)cc1C(=O)O.Cl.Cl. The molecule has 1 N–H and O–H groups in total. The van der Waals surface area contributed by atoms with E-state index in [1.807, 2.05) is 6.07 Å².